The Morgan fingerprint density at radius 2 is 1.76 bits per heavy atom. The third-order valence-corrected chi connectivity index (χ3v) is 5.53. The zero-order valence-corrected chi connectivity index (χ0v) is 15.2. The quantitative estimate of drug-likeness (QED) is 0.662. The zero-order valence-electron chi connectivity index (χ0n) is 15.2. The fourth-order valence-electron chi connectivity index (χ4n) is 4.16. The summed E-state index contributed by atoms with van der Waals surface area (Å²) in [6.07, 6.45) is 6.46. The Morgan fingerprint density at radius 3 is 2.40 bits per heavy atom. The van der Waals surface area contributed by atoms with Gasteiger partial charge in [-0.2, -0.15) is 5.26 Å². The van der Waals surface area contributed by atoms with Crippen molar-refractivity contribution in [2.75, 3.05) is 0 Å². The number of nitrogens with zero attached hydrogens (tertiary/aromatic N) is 2. The summed E-state index contributed by atoms with van der Waals surface area (Å²) in [7, 11) is 0. The topological polar surface area (TPSA) is 27.0 Å². The monoisotopic (exact) mass is 332 g/mol. The van der Waals surface area contributed by atoms with Gasteiger partial charge >= 0.3 is 0 Å². The SMILES string of the molecule is CCCC[C@]1(C#N)CCC[C@H](c2ccccc2)N1Cc1ccccc1. The number of hydrogen-bond donors (Lipinski definition) is 0. The predicted octanol–water partition coefficient (Wildman–Crippen LogP) is 5.87. The number of piperidine rings is 1. The van der Waals surface area contributed by atoms with Crippen molar-refractivity contribution in [2.45, 2.75) is 63.6 Å². The van der Waals surface area contributed by atoms with Crippen LogP contribution in [0.4, 0.5) is 0 Å². The second-order valence-corrected chi connectivity index (χ2v) is 7.18. The average molecular weight is 332 g/mol. The molecule has 1 heterocycles. The van der Waals surface area contributed by atoms with Crippen LogP contribution in [0.5, 0.6) is 0 Å². The minimum atomic E-state index is -0.343. The van der Waals surface area contributed by atoms with E-state index in [0.29, 0.717) is 6.04 Å². The van der Waals surface area contributed by atoms with Crippen LogP contribution >= 0.6 is 0 Å². The van der Waals surface area contributed by atoms with Crippen LogP contribution in [0.2, 0.25) is 0 Å². The summed E-state index contributed by atoms with van der Waals surface area (Å²) in [5.41, 5.74) is 2.29. The Labute approximate surface area is 152 Å². The van der Waals surface area contributed by atoms with Gasteiger partial charge in [0.25, 0.3) is 0 Å². The van der Waals surface area contributed by atoms with Gasteiger partial charge in [-0.3, -0.25) is 4.90 Å². The van der Waals surface area contributed by atoms with Crippen molar-refractivity contribution < 1.29 is 0 Å². The van der Waals surface area contributed by atoms with Crippen LogP contribution in [0.25, 0.3) is 0 Å². The fraction of sp³-hybridized carbons (Fsp3) is 0.435. The van der Waals surface area contributed by atoms with Crippen molar-refractivity contribution in [3.8, 4) is 6.07 Å². The number of unbranched alkanes of at least 4 members (excludes halogenated alkanes) is 1. The molecular formula is C23H28N2. The normalized spacial score (nSPS) is 23.9. The van der Waals surface area contributed by atoms with Crippen molar-refractivity contribution in [1.29, 1.82) is 5.26 Å². The summed E-state index contributed by atoms with van der Waals surface area (Å²) in [5, 5.41) is 10.2. The first-order valence-corrected chi connectivity index (χ1v) is 9.56. The van der Waals surface area contributed by atoms with Crippen molar-refractivity contribution in [3.63, 3.8) is 0 Å². The molecule has 1 aliphatic rings. The Hall–Kier alpha value is -2.11. The van der Waals surface area contributed by atoms with E-state index in [0.717, 1.165) is 45.1 Å². The van der Waals surface area contributed by atoms with Gasteiger partial charge in [0.05, 0.1) is 6.07 Å². The molecule has 2 atom stereocenters. The molecule has 0 aromatic heterocycles. The molecule has 25 heavy (non-hydrogen) atoms. The third kappa shape index (κ3) is 3.94. The van der Waals surface area contributed by atoms with Crippen LogP contribution in [-0.4, -0.2) is 10.4 Å². The fourth-order valence-corrected chi connectivity index (χ4v) is 4.16. The number of nitriles is 1. The van der Waals surface area contributed by atoms with Gasteiger partial charge in [-0.15, -0.1) is 0 Å². The minimum Gasteiger partial charge on any atom is -0.274 e. The Morgan fingerprint density at radius 1 is 1.08 bits per heavy atom. The first-order chi connectivity index (χ1) is 12.3. The Balaban J connectivity index is 1.97. The van der Waals surface area contributed by atoms with E-state index in [1.165, 1.54) is 11.1 Å². The molecule has 0 saturated carbocycles. The van der Waals surface area contributed by atoms with Crippen LogP contribution in [-0.2, 0) is 6.54 Å². The largest absolute Gasteiger partial charge is 0.274 e. The number of benzene rings is 2. The van der Waals surface area contributed by atoms with Gasteiger partial charge in [0.15, 0.2) is 0 Å². The summed E-state index contributed by atoms with van der Waals surface area (Å²) >= 11 is 0. The first-order valence-electron chi connectivity index (χ1n) is 9.56. The second kappa shape index (κ2) is 8.32. The Kier molecular flexibility index (Phi) is 5.89. The molecule has 2 aromatic rings. The lowest BCUT2D eigenvalue weighted by Gasteiger charge is -2.48. The molecular weight excluding hydrogens is 304 g/mol. The van der Waals surface area contributed by atoms with Crippen molar-refractivity contribution in [1.82, 2.24) is 4.90 Å². The lowest BCUT2D eigenvalue weighted by Crippen LogP contribution is -2.51. The maximum atomic E-state index is 10.2. The maximum absolute atomic E-state index is 10.2. The molecule has 1 saturated heterocycles. The molecule has 1 fully saturated rings. The molecule has 0 aliphatic carbocycles. The number of likely N-dealkylation sites (tertiary alicyclic amines) is 1. The summed E-state index contributed by atoms with van der Waals surface area (Å²) < 4.78 is 0. The molecule has 2 aromatic carbocycles. The van der Waals surface area contributed by atoms with Crippen molar-refractivity contribution in [3.05, 3.63) is 71.8 Å². The summed E-state index contributed by atoms with van der Waals surface area (Å²) in [6.45, 7) is 3.06. The van der Waals surface area contributed by atoms with Crippen LogP contribution in [0.15, 0.2) is 60.7 Å². The molecule has 130 valence electrons. The third-order valence-electron chi connectivity index (χ3n) is 5.53. The molecule has 3 rings (SSSR count). The molecule has 0 radical (unpaired) electrons. The zero-order chi connectivity index (χ0) is 17.5. The standard InChI is InChI=1S/C23H28N2/c1-2-3-16-23(19-24)17-10-15-22(21-13-8-5-9-14-21)25(23)18-20-11-6-4-7-12-20/h4-9,11-14,22H,2-3,10,15-18H2,1H3/t22-,23-/m1/s1. The van der Waals surface area contributed by atoms with Crippen LogP contribution < -0.4 is 0 Å². The Bertz CT molecular complexity index is 689. The average Bonchev–Trinajstić information content (AvgIpc) is 2.69. The van der Waals surface area contributed by atoms with E-state index in [1.807, 2.05) is 0 Å². The molecule has 0 amide bonds. The highest BCUT2D eigenvalue weighted by molar-refractivity contribution is 5.25. The molecule has 0 spiro atoms. The predicted molar refractivity (Wildman–Crippen MR) is 103 cm³/mol. The molecule has 0 unspecified atom stereocenters. The van der Waals surface area contributed by atoms with E-state index in [1.54, 1.807) is 0 Å². The van der Waals surface area contributed by atoms with Crippen LogP contribution in [0.1, 0.15) is 62.6 Å². The van der Waals surface area contributed by atoms with Gasteiger partial charge < -0.3 is 0 Å². The highest BCUT2D eigenvalue weighted by atomic mass is 15.2. The molecule has 1 aliphatic heterocycles. The molecule has 2 heteroatoms. The maximum Gasteiger partial charge on any atom is 0.110 e. The summed E-state index contributed by atoms with van der Waals surface area (Å²) in [5.74, 6) is 0. The van der Waals surface area contributed by atoms with Crippen LogP contribution in [0.3, 0.4) is 0 Å². The van der Waals surface area contributed by atoms with Gasteiger partial charge in [0, 0.05) is 12.6 Å². The van der Waals surface area contributed by atoms with Gasteiger partial charge in [-0.05, 0) is 36.8 Å². The summed E-state index contributed by atoms with van der Waals surface area (Å²) in [6, 6.07) is 24.4. The van der Waals surface area contributed by atoms with E-state index in [4.69, 9.17) is 0 Å². The van der Waals surface area contributed by atoms with E-state index < -0.39 is 0 Å². The highest BCUT2D eigenvalue weighted by Gasteiger charge is 2.43. The summed E-state index contributed by atoms with van der Waals surface area (Å²) in [4.78, 5) is 2.50. The highest BCUT2D eigenvalue weighted by Crippen LogP contribution is 2.43. The first kappa shape index (κ1) is 17.7. The number of rotatable bonds is 6. The lowest BCUT2D eigenvalue weighted by atomic mass is 9.78. The van der Waals surface area contributed by atoms with Gasteiger partial charge in [0.2, 0.25) is 0 Å². The van der Waals surface area contributed by atoms with Gasteiger partial charge in [-0.1, -0.05) is 80.4 Å². The van der Waals surface area contributed by atoms with E-state index >= 15 is 0 Å². The van der Waals surface area contributed by atoms with Crippen molar-refractivity contribution >= 4 is 0 Å². The lowest BCUT2D eigenvalue weighted by molar-refractivity contribution is 0.0201. The minimum absolute atomic E-state index is 0.326. The van der Waals surface area contributed by atoms with E-state index in [9.17, 15) is 5.26 Å². The van der Waals surface area contributed by atoms with E-state index in [-0.39, 0.29) is 5.54 Å². The molecule has 0 N–H and O–H groups in total. The molecule has 0 bridgehead atoms. The van der Waals surface area contributed by atoms with Gasteiger partial charge in [0.1, 0.15) is 5.54 Å². The second-order valence-electron chi connectivity index (χ2n) is 7.18. The van der Waals surface area contributed by atoms with Crippen molar-refractivity contribution in [2.24, 2.45) is 0 Å². The van der Waals surface area contributed by atoms with Crippen LogP contribution in [0, 0.1) is 11.3 Å². The number of hydrogen-bond acceptors (Lipinski definition) is 2. The smallest absolute Gasteiger partial charge is 0.110 e. The van der Waals surface area contributed by atoms with E-state index in [2.05, 4.69) is 78.6 Å². The van der Waals surface area contributed by atoms with Gasteiger partial charge in [-0.25, -0.2) is 0 Å². The molecule has 2 nitrogen and oxygen atoms in total.